The zero-order chi connectivity index (χ0) is 24.9. The molecule has 5 rings (SSSR count). The standard InChI is InChI=1S/C21H15F5N6O3/c22-19(23)31-10-11(7-28-31)15-5-6-27-18-16(15)17(12-8-30(9-12)20(33)34)29-32(18)13-1-3-14(4-2-13)35-21(24,25)26/h1-7,10,12,19H,8-9H2,(H,33,34). The summed E-state index contributed by atoms with van der Waals surface area (Å²) in [5.41, 5.74) is 2.07. The molecule has 1 fully saturated rings. The summed E-state index contributed by atoms with van der Waals surface area (Å²) in [6.45, 7) is -2.49. The van der Waals surface area contributed by atoms with Gasteiger partial charge in [-0.1, -0.05) is 0 Å². The molecule has 0 radical (unpaired) electrons. The first-order valence-corrected chi connectivity index (χ1v) is 10.1. The Balaban J connectivity index is 1.62. The summed E-state index contributed by atoms with van der Waals surface area (Å²) in [5.74, 6) is -0.710. The van der Waals surface area contributed by atoms with E-state index in [1.807, 2.05) is 0 Å². The van der Waals surface area contributed by atoms with Crippen molar-refractivity contribution in [1.82, 2.24) is 29.4 Å². The Bertz CT molecular complexity index is 1390. The highest BCUT2D eigenvalue weighted by molar-refractivity contribution is 5.95. The van der Waals surface area contributed by atoms with Crippen LogP contribution >= 0.6 is 0 Å². The predicted octanol–water partition coefficient (Wildman–Crippen LogP) is 4.65. The van der Waals surface area contributed by atoms with Crippen LogP contribution in [0, 0.1) is 0 Å². The van der Waals surface area contributed by atoms with Crippen molar-refractivity contribution in [3.8, 4) is 22.6 Å². The third-order valence-corrected chi connectivity index (χ3v) is 5.56. The number of fused-ring (bicyclic) bond motifs is 1. The second kappa shape index (κ2) is 8.21. The van der Waals surface area contributed by atoms with E-state index in [1.54, 1.807) is 6.07 Å². The quantitative estimate of drug-likeness (QED) is 0.406. The topological polar surface area (TPSA) is 98.3 Å². The number of pyridine rings is 1. The van der Waals surface area contributed by atoms with Crippen LogP contribution in [0.4, 0.5) is 26.7 Å². The molecule has 182 valence electrons. The fraction of sp³-hybridized carbons (Fsp3) is 0.238. The third-order valence-electron chi connectivity index (χ3n) is 5.56. The van der Waals surface area contributed by atoms with Crippen LogP contribution in [0.3, 0.4) is 0 Å². The molecule has 0 aliphatic carbocycles. The van der Waals surface area contributed by atoms with Gasteiger partial charge in [0.05, 0.1) is 23.0 Å². The predicted molar refractivity (Wildman–Crippen MR) is 110 cm³/mol. The van der Waals surface area contributed by atoms with Gasteiger partial charge in [-0.05, 0) is 35.9 Å². The summed E-state index contributed by atoms with van der Waals surface area (Å²) in [5, 5.41) is 18.0. The lowest BCUT2D eigenvalue weighted by Gasteiger charge is -2.36. The van der Waals surface area contributed by atoms with Crippen LogP contribution in [0.2, 0.25) is 0 Å². The minimum Gasteiger partial charge on any atom is -0.465 e. The number of nitrogens with zero attached hydrogens (tertiary/aromatic N) is 6. The maximum absolute atomic E-state index is 13.1. The average molecular weight is 494 g/mol. The summed E-state index contributed by atoms with van der Waals surface area (Å²) in [6, 6.07) is 6.60. The number of ether oxygens (including phenoxy) is 1. The van der Waals surface area contributed by atoms with Crippen molar-refractivity contribution in [2.24, 2.45) is 0 Å². The Kier molecular flexibility index (Phi) is 5.29. The number of carbonyl (C=O) groups is 1. The second-order valence-corrected chi connectivity index (χ2v) is 7.77. The Morgan fingerprint density at radius 3 is 2.46 bits per heavy atom. The Hall–Kier alpha value is -4.23. The molecule has 1 saturated heterocycles. The second-order valence-electron chi connectivity index (χ2n) is 7.77. The van der Waals surface area contributed by atoms with Gasteiger partial charge in [-0.25, -0.2) is 19.1 Å². The van der Waals surface area contributed by atoms with E-state index in [-0.39, 0.29) is 19.0 Å². The summed E-state index contributed by atoms with van der Waals surface area (Å²) in [4.78, 5) is 16.8. The van der Waals surface area contributed by atoms with Crippen molar-refractivity contribution in [3.05, 3.63) is 54.6 Å². The van der Waals surface area contributed by atoms with Gasteiger partial charge in [0.1, 0.15) is 5.75 Å². The largest absolute Gasteiger partial charge is 0.573 e. The van der Waals surface area contributed by atoms with Crippen molar-refractivity contribution >= 4 is 17.1 Å². The van der Waals surface area contributed by atoms with Crippen molar-refractivity contribution < 1.29 is 36.6 Å². The average Bonchev–Trinajstić information content (AvgIpc) is 3.38. The smallest absolute Gasteiger partial charge is 0.465 e. The van der Waals surface area contributed by atoms with Crippen LogP contribution in [-0.2, 0) is 0 Å². The number of likely N-dealkylation sites (tertiary alicyclic amines) is 1. The van der Waals surface area contributed by atoms with E-state index in [1.165, 1.54) is 40.3 Å². The molecular weight excluding hydrogens is 479 g/mol. The van der Waals surface area contributed by atoms with Gasteiger partial charge in [-0.15, -0.1) is 13.2 Å². The lowest BCUT2D eigenvalue weighted by atomic mass is 9.92. The van der Waals surface area contributed by atoms with Gasteiger partial charge < -0.3 is 14.7 Å². The van der Waals surface area contributed by atoms with E-state index in [0.29, 0.717) is 38.2 Å². The minimum atomic E-state index is -4.84. The number of alkyl halides is 5. The number of aromatic nitrogens is 5. The number of halogens is 5. The zero-order valence-corrected chi connectivity index (χ0v) is 17.5. The van der Waals surface area contributed by atoms with Gasteiger partial charge in [-0.3, -0.25) is 0 Å². The van der Waals surface area contributed by atoms with Gasteiger partial charge in [0.15, 0.2) is 5.65 Å². The summed E-state index contributed by atoms with van der Waals surface area (Å²) >= 11 is 0. The lowest BCUT2D eigenvalue weighted by Crippen LogP contribution is -2.48. The first kappa shape index (κ1) is 22.6. The monoisotopic (exact) mass is 494 g/mol. The number of benzene rings is 1. The van der Waals surface area contributed by atoms with Crippen molar-refractivity contribution in [1.29, 1.82) is 0 Å². The number of amides is 1. The maximum Gasteiger partial charge on any atom is 0.573 e. The minimum absolute atomic E-state index is 0.171. The van der Waals surface area contributed by atoms with Crippen LogP contribution in [0.25, 0.3) is 27.8 Å². The summed E-state index contributed by atoms with van der Waals surface area (Å²) in [6.07, 6.45) is -2.03. The van der Waals surface area contributed by atoms with Crippen LogP contribution in [0.5, 0.6) is 5.75 Å². The van der Waals surface area contributed by atoms with Crippen LogP contribution in [0.1, 0.15) is 18.2 Å². The highest BCUT2D eigenvalue weighted by atomic mass is 19.4. The van der Waals surface area contributed by atoms with E-state index in [2.05, 4.69) is 19.9 Å². The van der Waals surface area contributed by atoms with E-state index in [0.717, 1.165) is 12.1 Å². The molecule has 3 aromatic heterocycles. The third kappa shape index (κ3) is 4.22. The zero-order valence-electron chi connectivity index (χ0n) is 17.5. The lowest BCUT2D eigenvalue weighted by molar-refractivity contribution is -0.274. The fourth-order valence-electron chi connectivity index (χ4n) is 3.96. The number of carboxylic acid groups (broad SMARTS) is 1. The molecule has 1 aliphatic rings. The Morgan fingerprint density at radius 1 is 1.14 bits per heavy atom. The van der Waals surface area contributed by atoms with Gasteiger partial charge >= 0.3 is 19.0 Å². The van der Waals surface area contributed by atoms with Gasteiger partial charge in [0, 0.05) is 37.0 Å². The van der Waals surface area contributed by atoms with Crippen LogP contribution in [-0.4, -0.2) is 60.1 Å². The number of hydrogen-bond donors (Lipinski definition) is 1. The van der Waals surface area contributed by atoms with E-state index in [9.17, 15) is 31.9 Å². The molecule has 0 bridgehead atoms. The SMILES string of the molecule is O=C(O)N1CC(c2nn(-c3ccc(OC(F)(F)F)cc3)c3nccc(-c4cnn(C(F)F)c4)c23)C1. The Labute approximate surface area is 193 Å². The van der Waals surface area contributed by atoms with Crippen LogP contribution in [0.15, 0.2) is 48.9 Å². The summed E-state index contributed by atoms with van der Waals surface area (Å²) < 4.78 is 69.5. The van der Waals surface area contributed by atoms with E-state index >= 15 is 0 Å². The van der Waals surface area contributed by atoms with Crippen molar-refractivity contribution in [2.75, 3.05) is 13.1 Å². The fourth-order valence-corrected chi connectivity index (χ4v) is 3.96. The molecule has 14 heteroatoms. The molecule has 0 atom stereocenters. The molecule has 1 amide bonds. The molecule has 35 heavy (non-hydrogen) atoms. The molecule has 9 nitrogen and oxygen atoms in total. The summed E-state index contributed by atoms with van der Waals surface area (Å²) in [7, 11) is 0. The van der Waals surface area contributed by atoms with Gasteiger partial charge in [0.2, 0.25) is 0 Å². The van der Waals surface area contributed by atoms with Crippen molar-refractivity contribution in [3.63, 3.8) is 0 Å². The van der Waals surface area contributed by atoms with Crippen LogP contribution < -0.4 is 4.74 Å². The van der Waals surface area contributed by atoms with Gasteiger partial charge in [-0.2, -0.15) is 19.0 Å². The molecular formula is C21H15F5N6O3. The number of hydrogen-bond acceptors (Lipinski definition) is 5. The van der Waals surface area contributed by atoms with Crippen molar-refractivity contribution in [2.45, 2.75) is 18.8 Å². The Morgan fingerprint density at radius 2 is 1.86 bits per heavy atom. The van der Waals surface area contributed by atoms with E-state index < -0.39 is 24.8 Å². The molecule has 0 saturated carbocycles. The number of rotatable bonds is 5. The molecule has 0 unspecified atom stereocenters. The highest BCUT2D eigenvalue weighted by Gasteiger charge is 2.36. The first-order valence-electron chi connectivity index (χ1n) is 10.1. The molecule has 0 spiro atoms. The van der Waals surface area contributed by atoms with Gasteiger partial charge in [0.25, 0.3) is 0 Å². The molecule has 1 aliphatic heterocycles. The first-order chi connectivity index (χ1) is 16.6. The molecule has 4 heterocycles. The maximum atomic E-state index is 13.1. The molecule has 1 aromatic carbocycles. The normalized spacial score (nSPS) is 14.5. The molecule has 1 N–H and O–H groups in total. The van der Waals surface area contributed by atoms with E-state index in [4.69, 9.17) is 0 Å². The molecule has 4 aromatic rings. The highest BCUT2D eigenvalue weighted by Crippen LogP contribution is 2.38.